The molecular formula is C9H7O2. The van der Waals surface area contributed by atoms with E-state index in [1.807, 2.05) is 24.3 Å². The highest BCUT2D eigenvalue weighted by Crippen LogP contribution is 2.20. The third kappa shape index (κ3) is 0.917. The van der Waals surface area contributed by atoms with E-state index in [-0.39, 0.29) is 6.61 Å². The topological polar surface area (TPSA) is 33.0 Å². The maximum Gasteiger partial charge on any atom is 0.141 e. The van der Waals surface area contributed by atoms with Crippen LogP contribution < -0.4 is 0 Å². The average molecular weight is 147 g/mol. The zero-order valence-corrected chi connectivity index (χ0v) is 5.91. The molecule has 2 rings (SSSR count). The molecule has 0 spiro atoms. The predicted molar refractivity (Wildman–Crippen MR) is 40.6 cm³/mol. The lowest BCUT2D eigenvalue weighted by molar-refractivity contribution is 0.157. The van der Waals surface area contributed by atoms with Gasteiger partial charge in [-0.25, -0.2) is 5.11 Å². The first-order chi connectivity index (χ1) is 5.42. The summed E-state index contributed by atoms with van der Waals surface area (Å²) in [7, 11) is 0. The van der Waals surface area contributed by atoms with E-state index in [0.717, 1.165) is 10.8 Å². The first kappa shape index (κ1) is 6.43. The van der Waals surface area contributed by atoms with Crippen molar-refractivity contribution in [2.24, 2.45) is 0 Å². The van der Waals surface area contributed by atoms with Crippen molar-refractivity contribution in [3.05, 3.63) is 36.3 Å². The lowest BCUT2D eigenvalue weighted by Gasteiger charge is -1.87. The molecule has 0 aliphatic rings. The second-order valence-corrected chi connectivity index (χ2v) is 2.39. The van der Waals surface area contributed by atoms with Gasteiger partial charge < -0.3 is 4.42 Å². The van der Waals surface area contributed by atoms with Crippen LogP contribution in [0.5, 0.6) is 0 Å². The Morgan fingerprint density at radius 3 is 2.91 bits per heavy atom. The Morgan fingerprint density at radius 1 is 1.27 bits per heavy atom. The van der Waals surface area contributed by atoms with Gasteiger partial charge in [-0.3, -0.25) is 0 Å². The number of rotatable bonds is 1. The van der Waals surface area contributed by atoms with Gasteiger partial charge in [0.25, 0.3) is 0 Å². The van der Waals surface area contributed by atoms with Crippen LogP contribution in [-0.2, 0) is 11.7 Å². The third-order valence-corrected chi connectivity index (χ3v) is 1.72. The van der Waals surface area contributed by atoms with Gasteiger partial charge in [-0.1, -0.05) is 24.3 Å². The molecule has 1 aromatic heterocycles. The quantitative estimate of drug-likeness (QED) is 0.609. The van der Waals surface area contributed by atoms with Gasteiger partial charge in [0.15, 0.2) is 0 Å². The summed E-state index contributed by atoms with van der Waals surface area (Å²) in [5.74, 6) is 0.528. The van der Waals surface area contributed by atoms with Crippen molar-refractivity contribution < 1.29 is 9.52 Å². The van der Waals surface area contributed by atoms with E-state index in [4.69, 9.17) is 4.42 Å². The minimum absolute atomic E-state index is 0.284. The second-order valence-electron chi connectivity index (χ2n) is 2.39. The number of hydrogen-bond donors (Lipinski definition) is 0. The standard InChI is InChI=1S/C9H7O2/c10-5-9-8-4-2-1-3-7(8)6-11-9/h1-4,6H,5H2. The van der Waals surface area contributed by atoms with Gasteiger partial charge in [-0.2, -0.15) is 0 Å². The molecule has 0 saturated heterocycles. The molecule has 2 nitrogen and oxygen atoms in total. The largest absolute Gasteiger partial charge is 0.465 e. The summed E-state index contributed by atoms with van der Waals surface area (Å²) < 4.78 is 5.05. The Balaban J connectivity index is 2.76. The molecule has 11 heavy (non-hydrogen) atoms. The molecule has 1 heterocycles. The first-order valence-corrected chi connectivity index (χ1v) is 3.45. The highest BCUT2D eigenvalue weighted by Gasteiger charge is 2.02. The Bertz CT molecular complexity index is 362. The van der Waals surface area contributed by atoms with Gasteiger partial charge in [0.1, 0.15) is 12.4 Å². The predicted octanol–water partition coefficient (Wildman–Crippen LogP) is 2.36. The van der Waals surface area contributed by atoms with E-state index in [9.17, 15) is 5.11 Å². The monoisotopic (exact) mass is 147 g/mol. The third-order valence-electron chi connectivity index (χ3n) is 1.72. The smallest absolute Gasteiger partial charge is 0.141 e. The summed E-state index contributed by atoms with van der Waals surface area (Å²) in [6, 6.07) is 7.65. The molecule has 0 atom stereocenters. The lowest BCUT2D eigenvalue weighted by atomic mass is 10.2. The zero-order valence-electron chi connectivity index (χ0n) is 5.91. The van der Waals surface area contributed by atoms with Crippen LogP contribution in [0.2, 0.25) is 0 Å². The van der Waals surface area contributed by atoms with Crippen LogP contribution in [0.15, 0.2) is 34.9 Å². The van der Waals surface area contributed by atoms with Crippen LogP contribution >= 0.6 is 0 Å². The summed E-state index contributed by atoms with van der Waals surface area (Å²) in [6.45, 7) is -0.284. The van der Waals surface area contributed by atoms with Gasteiger partial charge in [-0.15, -0.1) is 0 Å². The van der Waals surface area contributed by atoms with Crippen molar-refractivity contribution in [3.8, 4) is 0 Å². The molecular weight excluding hydrogens is 140 g/mol. The molecule has 1 aromatic carbocycles. The lowest BCUT2D eigenvalue weighted by Crippen LogP contribution is -1.75. The Kier molecular flexibility index (Phi) is 1.40. The van der Waals surface area contributed by atoms with E-state index >= 15 is 0 Å². The molecule has 0 fully saturated rings. The van der Waals surface area contributed by atoms with Crippen LogP contribution in [0.25, 0.3) is 10.8 Å². The fourth-order valence-corrected chi connectivity index (χ4v) is 1.16. The minimum Gasteiger partial charge on any atom is -0.465 e. The SMILES string of the molecule is [O]Cc1occ2ccccc12. The molecule has 1 radical (unpaired) electrons. The number of fused-ring (bicyclic) bond motifs is 1. The van der Waals surface area contributed by atoms with Crippen molar-refractivity contribution in [1.29, 1.82) is 0 Å². The molecule has 0 unspecified atom stereocenters. The number of furan rings is 1. The van der Waals surface area contributed by atoms with Crippen LogP contribution in [0, 0.1) is 0 Å². The van der Waals surface area contributed by atoms with E-state index in [1.165, 1.54) is 0 Å². The molecule has 0 aliphatic carbocycles. The zero-order chi connectivity index (χ0) is 7.68. The van der Waals surface area contributed by atoms with Gasteiger partial charge in [-0.05, 0) is 0 Å². The van der Waals surface area contributed by atoms with Crippen molar-refractivity contribution in [3.63, 3.8) is 0 Å². The van der Waals surface area contributed by atoms with Crippen molar-refractivity contribution in [1.82, 2.24) is 0 Å². The summed E-state index contributed by atoms with van der Waals surface area (Å²) >= 11 is 0. The molecule has 2 aromatic rings. The summed E-state index contributed by atoms with van der Waals surface area (Å²) in [6.07, 6.45) is 1.61. The molecule has 2 heteroatoms. The maximum absolute atomic E-state index is 10.5. The first-order valence-electron chi connectivity index (χ1n) is 3.45. The van der Waals surface area contributed by atoms with Gasteiger partial charge in [0, 0.05) is 10.8 Å². The van der Waals surface area contributed by atoms with Crippen LogP contribution in [-0.4, -0.2) is 0 Å². The fraction of sp³-hybridized carbons (Fsp3) is 0.111. The van der Waals surface area contributed by atoms with Gasteiger partial charge >= 0.3 is 0 Å². The normalized spacial score (nSPS) is 10.6. The molecule has 0 saturated carbocycles. The van der Waals surface area contributed by atoms with Gasteiger partial charge in [0.05, 0.1) is 6.26 Å². The van der Waals surface area contributed by atoms with Crippen molar-refractivity contribution >= 4 is 10.8 Å². The minimum atomic E-state index is -0.284. The second kappa shape index (κ2) is 2.40. The Labute approximate surface area is 64.1 Å². The van der Waals surface area contributed by atoms with E-state index in [0.29, 0.717) is 5.76 Å². The molecule has 0 amide bonds. The molecule has 0 bridgehead atoms. The van der Waals surface area contributed by atoms with E-state index < -0.39 is 0 Å². The molecule has 0 aliphatic heterocycles. The average Bonchev–Trinajstić information content (AvgIpc) is 2.47. The highest BCUT2D eigenvalue weighted by molar-refractivity contribution is 5.83. The summed E-state index contributed by atoms with van der Waals surface area (Å²) in [5, 5.41) is 12.4. The fourth-order valence-electron chi connectivity index (χ4n) is 1.16. The van der Waals surface area contributed by atoms with Crippen LogP contribution in [0.1, 0.15) is 5.76 Å². The summed E-state index contributed by atoms with van der Waals surface area (Å²) in [5.41, 5.74) is 0. The molecule has 0 N–H and O–H groups in total. The van der Waals surface area contributed by atoms with E-state index in [1.54, 1.807) is 6.26 Å². The Hall–Kier alpha value is -1.28. The summed E-state index contributed by atoms with van der Waals surface area (Å²) in [4.78, 5) is 0. The highest BCUT2D eigenvalue weighted by atomic mass is 16.4. The molecule has 55 valence electrons. The van der Waals surface area contributed by atoms with Crippen molar-refractivity contribution in [2.45, 2.75) is 6.61 Å². The van der Waals surface area contributed by atoms with E-state index in [2.05, 4.69) is 0 Å². The maximum atomic E-state index is 10.5. The number of benzene rings is 1. The van der Waals surface area contributed by atoms with Crippen LogP contribution in [0.4, 0.5) is 0 Å². The Morgan fingerprint density at radius 2 is 2.09 bits per heavy atom. The number of hydrogen-bond acceptors (Lipinski definition) is 1. The van der Waals surface area contributed by atoms with Gasteiger partial charge in [0.2, 0.25) is 0 Å². The van der Waals surface area contributed by atoms with Crippen LogP contribution in [0.3, 0.4) is 0 Å². The van der Waals surface area contributed by atoms with Crippen molar-refractivity contribution in [2.75, 3.05) is 0 Å².